The lowest BCUT2D eigenvalue weighted by Gasteiger charge is -2.47. The van der Waals surface area contributed by atoms with Crippen molar-refractivity contribution < 1.29 is 36.9 Å². The van der Waals surface area contributed by atoms with Crippen LogP contribution in [0.25, 0.3) is 0 Å². The van der Waals surface area contributed by atoms with E-state index in [-0.39, 0.29) is 24.9 Å². The van der Waals surface area contributed by atoms with Crippen LogP contribution in [0.4, 0.5) is 19.0 Å². The Kier molecular flexibility index (Phi) is 5.87. The lowest BCUT2D eigenvalue weighted by Crippen LogP contribution is -2.63. The highest BCUT2D eigenvalue weighted by Gasteiger charge is 2.62. The van der Waals surface area contributed by atoms with Gasteiger partial charge in [0.15, 0.2) is 17.7 Å². The molecule has 0 spiro atoms. The standard InChI is InChI=1S/C22H25F3N4O5/c1-20(2)32-9-6-13-17(29-15-5-3-4-14(28-15)22(23,24)25)19-31-12-21(34-19,18(13)33-20)11-30-16-10-26-7-8-27-16/h3-5,7-8,10,13,17-19H,6,9,11-12H2,1-2H3,(H,28,29)/t13-,17-,18-,19+,21+/m1/s1. The Morgan fingerprint density at radius 2 is 2.06 bits per heavy atom. The van der Waals surface area contributed by atoms with E-state index in [1.807, 2.05) is 13.8 Å². The minimum Gasteiger partial charge on any atom is -0.473 e. The molecule has 3 aliphatic heterocycles. The van der Waals surface area contributed by atoms with E-state index in [1.165, 1.54) is 24.5 Å². The molecule has 3 aliphatic rings. The monoisotopic (exact) mass is 482 g/mol. The van der Waals surface area contributed by atoms with Crippen molar-refractivity contribution in [1.82, 2.24) is 15.0 Å². The van der Waals surface area contributed by atoms with Gasteiger partial charge in [0, 0.05) is 18.3 Å². The molecule has 0 radical (unpaired) electrons. The number of alkyl halides is 3. The van der Waals surface area contributed by atoms with E-state index in [4.69, 9.17) is 23.7 Å². The predicted molar refractivity (Wildman–Crippen MR) is 111 cm³/mol. The first-order chi connectivity index (χ1) is 16.2. The van der Waals surface area contributed by atoms with E-state index in [9.17, 15) is 13.2 Å². The Balaban J connectivity index is 1.43. The first kappa shape index (κ1) is 23.2. The van der Waals surface area contributed by atoms with Gasteiger partial charge in [-0.3, -0.25) is 4.98 Å². The van der Waals surface area contributed by atoms with Gasteiger partial charge in [0.25, 0.3) is 0 Å². The molecular weight excluding hydrogens is 457 g/mol. The van der Waals surface area contributed by atoms with Crippen molar-refractivity contribution in [2.45, 2.75) is 56.3 Å². The molecule has 12 heteroatoms. The Morgan fingerprint density at radius 3 is 2.82 bits per heavy atom. The number of pyridine rings is 1. The number of halogens is 3. The molecule has 1 N–H and O–H groups in total. The predicted octanol–water partition coefficient (Wildman–Crippen LogP) is 3.03. The van der Waals surface area contributed by atoms with Crippen molar-refractivity contribution in [2.24, 2.45) is 5.92 Å². The summed E-state index contributed by atoms with van der Waals surface area (Å²) in [7, 11) is 0. The first-order valence-electron chi connectivity index (χ1n) is 11.0. The third kappa shape index (κ3) is 4.54. The number of hydrogen-bond donors (Lipinski definition) is 1. The van der Waals surface area contributed by atoms with Crippen molar-refractivity contribution in [1.29, 1.82) is 0 Å². The van der Waals surface area contributed by atoms with E-state index in [2.05, 4.69) is 20.3 Å². The van der Waals surface area contributed by atoms with Crippen LogP contribution in [0.3, 0.4) is 0 Å². The van der Waals surface area contributed by atoms with E-state index < -0.39 is 41.7 Å². The topological polar surface area (TPSA) is 96.9 Å². The van der Waals surface area contributed by atoms with Crippen LogP contribution >= 0.6 is 0 Å². The van der Waals surface area contributed by atoms with Crippen LogP contribution in [0.2, 0.25) is 0 Å². The number of hydrogen-bond acceptors (Lipinski definition) is 9. The lowest BCUT2D eigenvalue weighted by atomic mass is 9.79. The first-order valence-corrected chi connectivity index (χ1v) is 11.0. The Bertz CT molecular complexity index is 1010. The molecule has 0 unspecified atom stereocenters. The number of fused-ring (bicyclic) bond motifs is 4. The van der Waals surface area contributed by atoms with Gasteiger partial charge < -0.3 is 29.0 Å². The van der Waals surface area contributed by atoms with Crippen LogP contribution in [-0.4, -0.2) is 64.6 Å². The zero-order chi connectivity index (χ0) is 24.0. The maximum atomic E-state index is 13.2. The lowest BCUT2D eigenvalue weighted by molar-refractivity contribution is -0.285. The number of aromatic nitrogens is 3. The van der Waals surface area contributed by atoms with E-state index in [1.54, 1.807) is 6.20 Å². The Labute approximate surface area is 193 Å². The Hall–Kier alpha value is -2.54. The summed E-state index contributed by atoms with van der Waals surface area (Å²) in [5, 5.41) is 3.11. The minimum atomic E-state index is -4.55. The van der Waals surface area contributed by atoms with Crippen LogP contribution in [0.15, 0.2) is 36.8 Å². The molecule has 2 aromatic heterocycles. The van der Waals surface area contributed by atoms with Crippen LogP contribution in [0, 0.1) is 5.92 Å². The average molecular weight is 482 g/mol. The number of nitrogens with one attached hydrogen (secondary N) is 1. The number of ether oxygens (including phenoxy) is 5. The van der Waals surface area contributed by atoms with Gasteiger partial charge in [-0.05, 0) is 32.4 Å². The molecule has 0 aromatic carbocycles. The number of nitrogens with zero attached hydrogens (tertiary/aromatic N) is 3. The molecule has 5 atom stereocenters. The van der Waals surface area contributed by atoms with Crippen LogP contribution in [-0.2, 0) is 25.1 Å². The number of rotatable bonds is 5. The zero-order valence-electron chi connectivity index (χ0n) is 18.6. The highest BCUT2D eigenvalue weighted by molar-refractivity contribution is 5.38. The van der Waals surface area contributed by atoms with Gasteiger partial charge in [0.1, 0.15) is 24.2 Å². The maximum Gasteiger partial charge on any atom is 0.433 e. The van der Waals surface area contributed by atoms with Crippen LogP contribution in [0.1, 0.15) is 26.0 Å². The summed E-state index contributed by atoms with van der Waals surface area (Å²) in [4.78, 5) is 11.9. The largest absolute Gasteiger partial charge is 0.473 e. The van der Waals surface area contributed by atoms with Gasteiger partial charge in [-0.15, -0.1) is 0 Å². The fourth-order valence-corrected chi connectivity index (χ4v) is 4.67. The molecule has 2 aromatic rings. The second kappa shape index (κ2) is 8.59. The summed E-state index contributed by atoms with van der Waals surface area (Å²) >= 11 is 0. The summed E-state index contributed by atoms with van der Waals surface area (Å²) < 4.78 is 70.0. The van der Waals surface area contributed by atoms with Crippen molar-refractivity contribution in [3.63, 3.8) is 0 Å². The zero-order valence-corrected chi connectivity index (χ0v) is 18.6. The van der Waals surface area contributed by atoms with Crippen LogP contribution < -0.4 is 10.1 Å². The summed E-state index contributed by atoms with van der Waals surface area (Å²) in [6, 6.07) is 3.20. The molecule has 0 saturated carbocycles. The quantitative estimate of drug-likeness (QED) is 0.690. The molecule has 2 bridgehead atoms. The summed E-state index contributed by atoms with van der Waals surface area (Å²) in [5.41, 5.74) is -1.94. The van der Waals surface area contributed by atoms with Crippen molar-refractivity contribution >= 4 is 5.82 Å². The summed E-state index contributed by atoms with van der Waals surface area (Å²) in [6.45, 7) is 4.28. The van der Waals surface area contributed by atoms with Gasteiger partial charge in [-0.1, -0.05) is 6.07 Å². The van der Waals surface area contributed by atoms with E-state index in [0.29, 0.717) is 18.9 Å². The molecule has 3 fully saturated rings. The molecule has 9 nitrogen and oxygen atoms in total. The second-order valence-electron chi connectivity index (χ2n) is 9.01. The minimum absolute atomic E-state index is 0.0745. The Morgan fingerprint density at radius 1 is 1.21 bits per heavy atom. The molecule has 5 rings (SSSR count). The molecule has 0 aliphatic carbocycles. The van der Waals surface area contributed by atoms with Crippen molar-refractivity contribution in [2.75, 3.05) is 25.1 Å². The molecule has 5 heterocycles. The van der Waals surface area contributed by atoms with E-state index >= 15 is 0 Å². The highest BCUT2D eigenvalue weighted by atomic mass is 19.4. The van der Waals surface area contributed by atoms with Crippen molar-refractivity contribution in [3.05, 3.63) is 42.5 Å². The molecule has 3 saturated heterocycles. The van der Waals surface area contributed by atoms with Gasteiger partial charge in [0.05, 0.1) is 25.5 Å². The van der Waals surface area contributed by atoms with Gasteiger partial charge in [0.2, 0.25) is 5.88 Å². The van der Waals surface area contributed by atoms with Crippen LogP contribution in [0.5, 0.6) is 5.88 Å². The molecule has 184 valence electrons. The van der Waals surface area contributed by atoms with Gasteiger partial charge >= 0.3 is 6.18 Å². The van der Waals surface area contributed by atoms with Gasteiger partial charge in [-0.25, -0.2) is 9.97 Å². The second-order valence-corrected chi connectivity index (χ2v) is 9.01. The molecular formula is C22H25F3N4O5. The third-order valence-electron chi connectivity index (χ3n) is 6.17. The summed E-state index contributed by atoms with van der Waals surface area (Å²) in [6.07, 6.45) is -0.707. The maximum absolute atomic E-state index is 13.2. The fraction of sp³-hybridized carbons (Fsp3) is 0.591. The molecule has 0 amide bonds. The normalized spacial score (nSPS) is 32.5. The number of anilines is 1. The smallest absolute Gasteiger partial charge is 0.433 e. The van der Waals surface area contributed by atoms with E-state index in [0.717, 1.165) is 6.07 Å². The average Bonchev–Trinajstić information content (AvgIpc) is 3.11. The SMILES string of the molecule is CC1(C)OCC[C@@H]2[C@@H](Nc3cccc(C(F)(F)F)n3)[C@H]3OC[C@](COc4cnccn4)(O3)[C@@H]2O1. The molecule has 34 heavy (non-hydrogen) atoms. The fourth-order valence-electron chi connectivity index (χ4n) is 4.67. The van der Waals surface area contributed by atoms with Gasteiger partial charge in [-0.2, -0.15) is 13.2 Å². The highest BCUT2D eigenvalue weighted by Crippen LogP contribution is 2.46. The van der Waals surface area contributed by atoms with Crippen molar-refractivity contribution in [3.8, 4) is 5.88 Å². The third-order valence-corrected chi connectivity index (χ3v) is 6.17. The summed E-state index contributed by atoms with van der Waals surface area (Å²) in [5.74, 6) is -0.718.